The molecule has 0 unspecified atom stereocenters. The first-order valence-corrected chi connectivity index (χ1v) is 6.77. The summed E-state index contributed by atoms with van der Waals surface area (Å²) < 4.78 is 7.12. The van der Waals surface area contributed by atoms with Crippen LogP contribution in [0.2, 0.25) is 0 Å². The first-order chi connectivity index (χ1) is 10.3. The van der Waals surface area contributed by atoms with Crippen LogP contribution in [0.15, 0.2) is 30.6 Å². The maximum atomic E-state index is 11.8. The summed E-state index contributed by atoms with van der Waals surface area (Å²) in [4.78, 5) is 19.4. The van der Waals surface area contributed by atoms with E-state index in [-0.39, 0.29) is 5.91 Å². The van der Waals surface area contributed by atoms with Crippen LogP contribution in [0.5, 0.6) is 5.88 Å². The van der Waals surface area contributed by atoms with Crippen molar-refractivity contribution < 1.29 is 9.53 Å². The van der Waals surface area contributed by atoms with Gasteiger partial charge < -0.3 is 19.6 Å². The smallest absolute Gasteiger partial charge is 0.267 e. The SMILES string of the molecule is COc1ccc2c(-c3cc4n(c3)CCNC4=O)c[nH]c2n1. The van der Waals surface area contributed by atoms with Gasteiger partial charge in [0.25, 0.3) is 5.91 Å². The summed E-state index contributed by atoms with van der Waals surface area (Å²) in [6, 6.07) is 5.73. The van der Waals surface area contributed by atoms with Gasteiger partial charge in [0.1, 0.15) is 11.3 Å². The number of aromatic nitrogens is 3. The van der Waals surface area contributed by atoms with E-state index in [1.807, 2.05) is 35.2 Å². The van der Waals surface area contributed by atoms with Gasteiger partial charge in [0.15, 0.2) is 0 Å². The Morgan fingerprint density at radius 1 is 1.38 bits per heavy atom. The topological polar surface area (TPSA) is 71.9 Å². The second-order valence-corrected chi connectivity index (χ2v) is 5.02. The van der Waals surface area contributed by atoms with Gasteiger partial charge in [-0.05, 0) is 12.1 Å². The number of hydrogen-bond donors (Lipinski definition) is 2. The van der Waals surface area contributed by atoms with Crippen molar-refractivity contribution >= 4 is 16.9 Å². The number of H-pyrrole nitrogens is 1. The van der Waals surface area contributed by atoms with Crippen LogP contribution in [-0.2, 0) is 6.54 Å². The van der Waals surface area contributed by atoms with Gasteiger partial charge in [0, 0.05) is 48.1 Å². The summed E-state index contributed by atoms with van der Waals surface area (Å²) in [5.41, 5.74) is 3.53. The number of carbonyl (C=O) groups is 1. The molecule has 0 saturated heterocycles. The molecule has 0 fully saturated rings. The molecule has 106 valence electrons. The molecular weight excluding hydrogens is 268 g/mol. The number of rotatable bonds is 2. The predicted octanol–water partition coefficient (Wildman–Crippen LogP) is 1.78. The molecule has 4 rings (SSSR count). The average molecular weight is 282 g/mol. The molecule has 6 heteroatoms. The Kier molecular flexibility index (Phi) is 2.50. The number of ether oxygens (including phenoxy) is 1. The standard InChI is InChI=1S/C15H14N4O2/c1-21-13-3-2-10-11(7-17-14(10)18-13)9-6-12-15(20)16-4-5-19(12)8-9/h2-3,6-8H,4-5H2,1H3,(H,16,20)(H,17,18). The molecule has 21 heavy (non-hydrogen) atoms. The van der Waals surface area contributed by atoms with Crippen LogP contribution in [0.1, 0.15) is 10.5 Å². The van der Waals surface area contributed by atoms with E-state index >= 15 is 0 Å². The number of pyridine rings is 1. The first kappa shape index (κ1) is 12.0. The second-order valence-electron chi connectivity index (χ2n) is 5.02. The molecule has 0 spiro atoms. The summed E-state index contributed by atoms with van der Waals surface area (Å²) in [6.07, 6.45) is 3.93. The summed E-state index contributed by atoms with van der Waals surface area (Å²) >= 11 is 0. The molecule has 0 atom stereocenters. The number of amides is 1. The Morgan fingerprint density at radius 2 is 2.29 bits per heavy atom. The molecule has 1 amide bonds. The van der Waals surface area contributed by atoms with Crippen molar-refractivity contribution in [2.75, 3.05) is 13.7 Å². The number of fused-ring (bicyclic) bond motifs is 2. The molecule has 4 heterocycles. The highest BCUT2D eigenvalue weighted by atomic mass is 16.5. The highest BCUT2D eigenvalue weighted by Gasteiger charge is 2.19. The minimum Gasteiger partial charge on any atom is -0.481 e. The second kappa shape index (κ2) is 4.37. The Morgan fingerprint density at radius 3 is 3.10 bits per heavy atom. The number of methoxy groups -OCH3 is 1. The van der Waals surface area contributed by atoms with E-state index in [1.165, 1.54) is 0 Å². The van der Waals surface area contributed by atoms with Crippen LogP contribution < -0.4 is 10.1 Å². The lowest BCUT2D eigenvalue weighted by molar-refractivity contribution is 0.0928. The van der Waals surface area contributed by atoms with Crippen molar-refractivity contribution in [2.24, 2.45) is 0 Å². The van der Waals surface area contributed by atoms with Crippen molar-refractivity contribution in [1.82, 2.24) is 19.9 Å². The molecule has 3 aromatic heterocycles. The van der Waals surface area contributed by atoms with Crippen molar-refractivity contribution in [3.63, 3.8) is 0 Å². The zero-order valence-electron chi connectivity index (χ0n) is 11.5. The third kappa shape index (κ3) is 1.79. The lowest BCUT2D eigenvalue weighted by Gasteiger charge is -2.14. The van der Waals surface area contributed by atoms with Crippen LogP contribution in [-0.4, -0.2) is 34.1 Å². The Labute approximate surface area is 120 Å². The van der Waals surface area contributed by atoms with E-state index in [9.17, 15) is 4.79 Å². The van der Waals surface area contributed by atoms with Crippen molar-refractivity contribution in [1.29, 1.82) is 0 Å². The number of nitrogens with one attached hydrogen (secondary N) is 2. The fraction of sp³-hybridized carbons (Fsp3) is 0.200. The zero-order valence-corrected chi connectivity index (χ0v) is 11.5. The Bertz CT molecular complexity index is 847. The van der Waals surface area contributed by atoms with Crippen LogP contribution in [0, 0.1) is 0 Å². The van der Waals surface area contributed by atoms with Gasteiger partial charge in [-0.3, -0.25) is 4.79 Å². The summed E-state index contributed by atoms with van der Waals surface area (Å²) in [6.45, 7) is 1.47. The molecule has 0 aromatic carbocycles. The minimum absolute atomic E-state index is 0.0212. The third-order valence-corrected chi connectivity index (χ3v) is 3.80. The number of carbonyl (C=O) groups excluding carboxylic acids is 1. The van der Waals surface area contributed by atoms with Crippen molar-refractivity contribution in [3.05, 3.63) is 36.3 Å². The number of nitrogens with zero attached hydrogens (tertiary/aromatic N) is 2. The van der Waals surface area contributed by atoms with Gasteiger partial charge in [0.05, 0.1) is 7.11 Å². The van der Waals surface area contributed by atoms with Crippen LogP contribution in [0.25, 0.3) is 22.2 Å². The quantitative estimate of drug-likeness (QED) is 0.752. The molecule has 0 bridgehead atoms. The fourth-order valence-electron chi connectivity index (χ4n) is 2.75. The zero-order chi connectivity index (χ0) is 14.4. The molecular formula is C15H14N4O2. The van der Waals surface area contributed by atoms with Gasteiger partial charge in [-0.2, -0.15) is 4.98 Å². The van der Waals surface area contributed by atoms with E-state index in [0.29, 0.717) is 18.1 Å². The molecule has 0 aliphatic carbocycles. The normalized spacial score (nSPS) is 14.0. The average Bonchev–Trinajstić information content (AvgIpc) is 3.10. The van der Waals surface area contributed by atoms with Crippen LogP contribution in [0.3, 0.4) is 0 Å². The van der Waals surface area contributed by atoms with E-state index < -0.39 is 0 Å². The first-order valence-electron chi connectivity index (χ1n) is 6.77. The van der Waals surface area contributed by atoms with Gasteiger partial charge in [-0.25, -0.2) is 0 Å². The van der Waals surface area contributed by atoms with Gasteiger partial charge in [-0.15, -0.1) is 0 Å². The Hall–Kier alpha value is -2.76. The summed E-state index contributed by atoms with van der Waals surface area (Å²) in [5.74, 6) is 0.554. The highest BCUT2D eigenvalue weighted by molar-refractivity contribution is 5.98. The third-order valence-electron chi connectivity index (χ3n) is 3.80. The van der Waals surface area contributed by atoms with Gasteiger partial charge >= 0.3 is 0 Å². The van der Waals surface area contributed by atoms with Gasteiger partial charge in [-0.1, -0.05) is 0 Å². The molecule has 2 N–H and O–H groups in total. The minimum atomic E-state index is -0.0212. The summed E-state index contributed by atoms with van der Waals surface area (Å²) in [7, 11) is 1.60. The number of aromatic amines is 1. The number of hydrogen-bond acceptors (Lipinski definition) is 3. The predicted molar refractivity (Wildman–Crippen MR) is 78.4 cm³/mol. The maximum absolute atomic E-state index is 11.8. The molecule has 1 aliphatic heterocycles. The van der Waals surface area contributed by atoms with E-state index in [1.54, 1.807) is 7.11 Å². The molecule has 1 aliphatic rings. The molecule has 0 saturated carbocycles. The van der Waals surface area contributed by atoms with Crippen LogP contribution >= 0.6 is 0 Å². The molecule has 0 radical (unpaired) electrons. The Balaban J connectivity index is 1.85. The lowest BCUT2D eigenvalue weighted by atomic mass is 10.1. The molecule has 3 aromatic rings. The monoisotopic (exact) mass is 282 g/mol. The van der Waals surface area contributed by atoms with E-state index in [0.717, 1.165) is 28.7 Å². The van der Waals surface area contributed by atoms with Crippen molar-refractivity contribution in [2.45, 2.75) is 6.54 Å². The highest BCUT2D eigenvalue weighted by Crippen LogP contribution is 2.30. The van der Waals surface area contributed by atoms with E-state index in [2.05, 4.69) is 15.3 Å². The van der Waals surface area contributed by atoms with Gasteiger partial charge in [0.2, 0.25) is 5.88 Å². The molecule has 6 nitrogen and oxygen atoms in total. The van der Waals surface area contributed by atoms with Crippen LogP contribution in [0.4, 0.5) is 0 Å². The lowest BCUT2D eigenvalue weighted by Crippen LogP contribution is -2.34. The largest absolute Gasteiger partial charge is 0.481 e. The summed E-state index contributed by atoms with van der Waals surface area (Å²) in [5, 5.41) is 3.87. The van der Waals surface area contributed by atoms with Crippen molar-refractivity contribution in [3.8, 4) is 17.0 Å². The maximum Gasteiger partial charge on any atom is 0.267 e. The fourth-order valence-corrected chi connectivity index (χ4v) is 2.75. The van der Waals surface area contributed by atoms with E-state index in [4.69, 9.17) is 4.74 Å².